The largest absolute Gasteiger partial charge is 0.480 e. The number of nitrogens with zero attached hydrogens (tertiary/aromatic N) is 3. The van der Waals surface area contributed by atoms with E-state index in [1.165, 1.54) is 4.68 Å². The highest BCUT2D eigenvalue weighted by atomic mass is 19.3. The first kappa shape index (κ1) is 17.3. The highest BCUT2D eigenvalue weighted by Gasteiger charge is 2.36. The topological polar surface area (TPSA) is 58.4 Å². The summed E-state index contributed by atoms with van der Waals surface area (Å²) < 4.78 is 28.0. The predicted octanol–water partition coefficient (Wildman–Crippen LogP) is 2.97. The zero-order chi connectivity index (χ0) is 17.2. The lowest BCUT2D eigenvalue weighted by molar-refractivity contribution is -0.137. The first-order valence-corrected chi connectivity index (χ1v) is 8.76. The van der Waals surface area contributed by atoms with Crippen molar-refractivity contribution in [2.24, 2.45) is 5.92 Å². The smallest absolute Gasteiger partial charge is 0.325 e. The van der Waals surface area contributed by atoms with E-state index in [4.69, 9.17) is 5.11 Å². The zero-order valence-corrected chi connectivity index (χ0v) is 13.8. The SMILES string of the molecule is O=C(O)Cn1ccc([C@H]2CCCN(CC3CCC(F)(F)CC3)C2)n1. The lowest BCUT2D eigenvalue weighted by atomic mass is 9.85. The van der Waals surface area contributed by atoms with Crippen molar-refractivity contribution in [3.8, 4) is 0 Å². The summed E-state index contributed by atoms with van der Waals surface area (Å²) in [5.41, 5.74) is 0.941. The number of hydrogen-bond donors (Lipinski definition) is 1. The van der Waals surface area contributed by atoms with Crippen molar-refractivity contribution in [1.82, 2.24) is 14.7 Å². The van der Waals surface area contributed by atoms with E-state index in [-0.39, 0.29) is 19.4 Å². The van der Waals surface area contributed by atoms with Gasteiger partial charge in [-0.3, -0.25) is 9.48 Å². The van der Waals surface area contributed by atoms with E-state index in [2.05, 4.69) is 10.00 Å². The number of aliphatic carboxylic acids is 1. The molecule has 2 heterocycles. The summed E-state index contributed by atoms with van der Waals surface area (Å²) >= 11 is 0. The normalized spacial score (nSPS) is 25.7. The number of piperidine rings is 1. The van der Waals surface area contributed by atoms with Gasteiger partial charge in [0.2, 0.25) is 5.92 Å². The Labute approximate surface area is 140 Å². The predicted molar refractivity (Wildman–Crippen MR) is 85.2 cm³/mol. The molecule has 1 saturated heterocycles. The molecule has 1 atom stereocenters. The number of carbonyl (C=O) groups is 1. The molecule has 1 saturated carbocycles. The molecule has 0 amide bonds. The second-order valence-corrected chi connectivity index (χ2v) is 7.23. The van der Waals surface area contributed by atoms with Gasteiger partial charge in [0.05, 0.1) is 5.69 Å². The average Bonchev–Trinajstić information content (AvgIpc) is 2.97. The van der Waals surface area contributed by atoms with Gasteiger partial charge in [-0.05, 0) is 44.2 Å². The first-order chi connectivity index (χ1) is 11.4. The molecule has 0 aromatic carbocycles. The number of alkyl halides is 2. The Balaban J connectivity index is 1.53. The number of aromatic nitrogens is 2. The molecule has 0 unspecified atom stereocenters. The highest BCUT2D eigenvalue weighted by Crippen LogP contribution is 2.37. The van der Waals surface area contributed by atoms with Crippen molar-refractivity contribution in [3.63, 3.8) is 0 Å². The van der Waals surface area contributed by atoms with Crippen LogP contribution >= 0.6 is 0 Å². The van der Waals surface area contributed by atoms with Gasteiger partial charge >= 0.3 is 5.97 Å². The van der Waals surface area contributed by atoms with Crippen molar-refractivity contribution >= 4 is 5.97 Å². The van der Waals surface area contributed by atoms with Gasteiger partial charge in [-0.25, -0.2) is 8.78 Å². The molecule has 1 N–H and O–H groups in total. The molecular weight excluding hydrogens is 316 g/mol. The summed E-state index contributed by atoms with van der Waals surface area (Å²) in [5, 5.41) is 13.2. The standard InChI is InChI=1S/C17H25F2N3O2/c18-17(19)6-3-13(4-7-17)10-21-8-1-2-14(11-21)15-5-9-22(20-15)12-16(23)24/h5,9,13-14H,1-4,6-8,10-12H2,(H,23,24)/t14-/m0/s1. The van der Waals surface area contributed by atoms with Crippen LogP contribution in [-0.4, -0.2) is 51.3 Å². The van der Waals surface area contributed by atoms with Crippen LogP contribution in [0.1, 0.15) is 50.1 Å². The van der Waals surface area contributed by atoms with Gasteiger partial charge in [0, 0.05) is 38.0 Å². The average molecular weight is 341 g/mol. The summed E-state index contributed by atoms with van der Waals surface area (Å²) in [7, 11) is 0. The molecule has 3 rings (SSSR count). The molecule has 134 valence electrons. The van der Waals surface area contributed by atoms with E-state index in [0.717, 1.165) is 38.2 Å². The van der Waals surface area contributed by atoms with Crippen LogP contribution in [0.5, 0.6) is 0 Å². The first-order valence-electron chi connectivity index (χ1n) is 8.76. The molecule has 7 heteroatoms. The lowest BCUT2D eigenvalue weighted by Gasteiger charge is -2.36. The maximum absolute atomic E-state index is 13.3. The van der Waals surface area contributed by atoms with Gasteiger partial charge in [0.15, 0.2) is 0 Å². The fourth-order valence-electron chi connectivity index (χ4n) is 3.93. The second-order valence-electron chi connectivity index (χ2n) is 7.23. The van der Waals surface area contributed by atoms with Gasteiger partial charge in [0.25, 0.3) is 0 Å². The number of hydrogen-bond acceptors (Lipinski definition) is 3. The van der Waals surface area contributed by atoms with Crippen LogP contribution in [0, 0.1) is 5.92 Å². The van der Waals surface area contributed by atoms with E-state index in [0.29, 0.717) is 24.7 Å². The molecule has 5 nitrogen and oxygen atoms in total. The Kier molecular flexibility index (Phi) is 5.18. The van der Waals surface area contributed by atoms with Crippen molar-refractivity contribution < 1.29 is 18.7 Å². The van der Waals surface area contributed by atoms with Crippen LogP contribution in [0.2, 0.25) is 0 Å². The van der Waals surface area contributed by atoms with Crippen molar-refractivity contribution in [2.45, 2.75) is 56.9 Å². The summed E-state index contributed by atoms with van der Waals surface area (Å²) in [6.45, 7) is 2.67. The molecular formula is C17H25F2N3O2. The lowest BCUT2D eigenvalue weighted by Crippen LogP contribution is -2.39. The van der Waals surface area contributed by atoms with Crippen LogP contribution < -0.4 is 0 Å². The molecule has 2 fully saturated rings. The van der Waals surface area contributed by atoms with E-state index in [1.54, 1.807) is 6.20 Å². The molecule has 1 aromatic heterocycles. The van der Waals surface area contributed by atoms with E-state index in [1.807, 2.05) is 6.07 Å². The van der Waals surface area contributed by atoms with E-state index in [9.17, 15) is 13.6 Å². The quantitative estimate of drug-likeness (QED) is 0.894. The third-order valence-electron chi connectivity index (χ3n) is 5.24. The fourth-order valence-corrected chi connectivity index (χ4v) is 3.93. The minimum atomic E-state index is -2.46. The number of carboxylic acids is 1. The third-order valence-corrected chi connectivity index (χ3v) is 5.24. The minimum Gasteiger partial charge on any atom is -0.480 e. The van der Waals surface area contributed by atoms with Crippen LogP contribution in [0.4, 0.5) is 8.78 Å². The zero-order valence-electron chi connectivity index (χ0n) is 13.8. The fraction of sp³-hybridized carbons (Fsp3) is 0.765. The molecule has 1 aliphatic heterocycles. The Hall–Kier alpha value is -1.50. The molecule has 0 radical (unpaired) electrons. The second kappa shape index (κ2) is 7.17. The summed E-state index contributed by atoms with van der Waals surface area (Å²) in [6.07, 6.45) is 5.10. The van der Waals surface area contributed by atoms with Crippen molar-refractivity contribution in [3.05, 3.63) is 18.0 Å². The van der Waals surface area contributed by atoms with Gasteiger partial charge < -0.3 is 10.0 Å². The van der Waals surface area contributed by atoms with Crippen molar-refractivity contribution in [2.75, 3.05) is 19.6 Å². The van der Waals surface area contributed by atoms with Gasteiger partial charge in [0.1, 0.15) is 6.54 Å². The van der Waals surface area contributed by atoms with Crippen LogP contribution in [0.3, 0.4) is 0 Å². The van der Waals surface area contributed by atoms with Crippen LogP contribution in [-0.2, 0) is 11.3 Å². The van der Waals surface area contributed by atoms with E-state index < -0.39 is 11.9 Å². The maximum Gasteiger partial charge on any atom is 0.325 e. The Bertz CT molecular complexity index is 566. The highest BCUT2D eigenvalue weighted by molar-refractivity contribution is 5.66. The third kappa shape index (κ3) is 4.53. The molecule has 2 aliphatic rings. The van der Waals surface area contributed by atoms with Gasteiger partial charge in [-0.1, -0.05) is 0 Å². The number of carboxylic acid groups (broad SMARTS) is 1. The van der Waals surface area contributed by atoms with Crippen molar-refractivity contribution in [1.29, 1.82) is 0 Å². The Morgan fingerprint density at radius 3 is 2.79 bits per heavy atom. The molecule has 24 heavy (non-hydrogen) atoms. The van der Waals surface area contributed by atoms with Crippen LogP contribution in [0.15, 0.2) is 12.3 Å². The monoisotopic (exact) mass is 341 g/mol. The number of rotatable bonds is 5. The van der Waals surface area contributed by atoms with E-state index >= 15 is 0 Å². The van der Waals surface area contributed by atoms with Crippen LogP contribution in [0.25, 0.3) is 0 Å². The van der Waals surface area contributed by atoms with Gasteiger partial charge in [-0.15, -0.1) is 0 Å². The molecule has 1 aromatic rings. The summed E-state index contributed by atoms with van der Waals surface area (Å²) in [6, 6.07) is 1.90. The molecule has 0 spiro atoms. The maximum atomic E-state index is 13.3. The molecule has 1 aliphatic carbocycles. The number of likely N-dealkylation sites (tertiary alicyclic amines) is 1. The number of halogens is 2. The minimum absolute atomic E-state index is 0.0224. The summed E-state index contributed by atoms with van der Waals surface area (Å²) in [5.74, 6) is -2.69. The van der Waals surface area contributed by atoms with Gasteiger partial charge in [-0.2, -0.15) is 5.10 Å². The summed E-state index contributed by atoms with van der Waals surface area (Å²) in [4.78, 5) is 13.1. The Morgan fingerprint density at radius 2 is 2.08 bits per heavy atom. The molecule has 0 bridgehead atoms. The Morgan fingerprint density at radius 1 is 1.33 bits per heavy atom.